The normalized spacial score (nSPS) is 18.8. The van der Waals surface area contributed by atoms with Crippen LogP contribution in [0, 0.1) is 6.92 Å². The zero-order valence-corrected chi connectivity index (χ0v) is 11.4. The standard InChI is InChI=1S/C13H18BrNO/c1-9-7-10(14)8-11(12(9)16-2)13(15)5-3-4-6-13/h7-8H,3-6,15H2,1-2H3. The van der Waals surface area contributed by atoms with E-state index in [9.17, 15) is 0 Å². The number of rotatable bonds is 2. The van der Waals surface area contributed by atoms with Crippen LogP contribution in [0.15, 0.2) is 16.6 Å². The molecule has 16 heavy (non-hydrogen) atoms. The van der Waals surface area contributed by atoms with Gasteiger partial charge in [-0.15, -0.1) is 0 Å². The van der Waals surface area contributed by atoms with Crippen molar-refractivity contribution in [1.29, 1.82) is 0 Å². The topological polar surface area (TPSA) is 35.2 Å². The second-order valence-electron chi connectivity index (χ2n) is 4.67. The number of hydrogen-bond donors (Lipinski definition) is 1. The minimum atomic E-state index is -0.195. The lowest BCUT2D eigenvalue weighted by Crippen LogP contribution is -2.33. The first-order valence-electron chi connectivity index (χ1n) is 5.70. The molecule has 1 aliphatic carbocycles. The maximum Gasteiger partial charge on any atom is 0.126 e. The van der Waals surface area contributed by atoms with Crippen molar-refractivity contribution in [2.24, 2.45) is 5.73 Å². The Morgan fingerprint density at radius 3 is 2.50 bits per heavy atom. The Bertz CT molecular complexity index is 397. The molecule has 1 aromatic rings. The van der Waals surface area contributed by atoms with Crippen LogP contribution in [0.1, 0.15) is 36.8 Å². The minimum absolute atomic E-state index is 0.195. The number of hydrogen-bond acceptors (Lipinski definition) is 2. The van der Waals surface area contributed by atoms with Gasteiger partial charge in [0.25, 0.3) is 0 Å². The second-order valence-corrected chi connectivity index (χ2v) is 5.58. The van der Waals surface area contributed by atoms with Gasteiger partial charge in [0.2, 0.25) is 0 Å². The predicted molar refractivity (Wildman–Crippen MR) is 69.8 cm³/mol. The largest absolute Gasteiger partial charge is 0.496 e. The molecule has 0 atom stereocenters. The summed E-state index contributed by atoms with van der Waals surface area (Å²) in [4.78, 5) is 0. The molecule has 0 aromatic heterocycles. The highest BCUT2D eigenvalue weighted by atomic mass is 79.9. The molecule has 3 heteroatoms. The van der Waals surface area contributed by atoms with Gasteiger partial charge in [-0.25, -0.2) is 0 Å². The van der Waals surface area contributed by atoms with E-state index >= 15 is 0 Å². The van der Waals surface area contributed by atoms with Crippen LogP contribution < -0.4 is 10.5 Å². The highest BCUT2D eigenvalue weighted by Gasteiger charge is 2.34. The van der Waals surface area contributed by atoms with Crippen LogP contribution in [-0.2, 0) is 5.54 Å². The molecule has 0 heterocycles. The molecule has 0 bridgehead atoms. The van der Waals surface area contributed by atoms with E-state index in [4.69, 9.17) is 10.5 Å². The average molecular weight is 284 g/mol. The highest BCUT2D eigenvalue weighted by Crippen LogP contribution is 2.42. The summed E-state index contributed by atoms with van der Waals surface area (Å²) in [5.41, 5.74) is 8.59. The smallest absolute Gasteiger partial charge is 0.126 e. The molecule has 88 valence electrons. The summed E-state index contributed by atoms with van der Waals surface area (Å²) in [6.07, 6.45) is 4.54. The molecule has 0 saturated heterocycles. The van der Waals surface area contributed by atoms with Gasteiger partial charge in [-0.05, 0) is 37.5 Å². The Labute approximate surface area is 105 Å². The van der Waals surface area contributed by atoms with Crippen LogP contribution in [-0.4, -0.2) is 7.11 Å². The van der Waals surface area contributed by atoms with Crippen LogP contribution in [0.4, 0.5) is 0 Å². The van der Waals surface area contributed by atoms with Gasteiger partial charge in [-0.1, -0.05) is 28.8 Å². The summed E-state index contributed by atoms with van der Waals surface area (Å²) in [7, 11) is 1.72. The van der Waals surface area contributed by atoms with Crippen LogP contribution in [0.3, 0.4) is 0 Å². The third-order valence-electron chi connectivity index (χ3n) is 3.48. The number of nitrogens with two attached hydrogens (primary N) is 1. The van der Waals surface area contributed by atoms with Crippen molar-refractivity contribution in [3.05, 3.63) is 27.7 Å². The van der Waals surface area contributed by atoms with E-state index in [0.717, 1.165) is 34.2 Å². The predicted octanol–water partition coefficient (Wildman–Crippen LogP) is 3.49. The lowest BCUT2D eigenvalue weighted by Gasteiger charge is -2.27. The third-order valence-corrected chi connectivity index (χ3v) is 3.93. The Balaban J connectivity index is 2.53. The van der Waals surface area contributed by atoms with Gasteiger partial charge in [0, 0.05) is 15.6 Å². The summed E-state index contributed by atoms with van der Waals surface area (Å²) in [6, 6.07) is 4.18. The van der Waals surface area contributed by atoms with E-state index in [1.807, 2.05) is 0 Å². The molecule has 2 N–H and O–H groups in total. The number of methoxy groups -OCH3 is 1. The monoisotopic (exact) mass is 283 g/mol. The molecule has 0 unspecified atom stereocenters. The fourth-order valence-corrected chi connectivity index (χ4v) is 3.22. The maximum atomic E-state index is 6.49. The number of halogens is 1. The van der Waals surface area contributed by atoms with E-state index in [-0.39, 0.29) is 5.54 Å². The van der Waals surface area contributed by atoms with Crippen molar-refractivity contribution in [3.63, 3.8) is 0 Å². The fourth-order valence-electron chi connectivity index (χ4n) is 2.65. The zero-order valence-electron chi connectivity index (χ0n) is 9.85. The molecule has 2 nitrogen and oxygen atoms in total. The second kappa shape index (κ2) is 4.38. The van der Waals surface area contributed by atoms with E-state index in [1.54, 1.807) is 7.11 Å². The molecule has 0 spiro atoms. The molecule has 2 rings (SSSR count). The quantitative estimate of drug-likeness (QED) is 0.902. The van der Waals surface area contributed by atoms with E-state index in [2.05, 4.69) is 35.0 Å². The first-order chi connectivity index (χ1) is 7.57. The summed E-state index contributed by atoms with van der Waals surface area (Å²) in [6.45, 7) is 2.06. The number of benzene rings is 1. The zero-order chi connectivity index (χ0) is 11.8. The van der Waals surface area contributed by atoms with Crippen molar-refractivity contribution in [2.45, 2.75) is 38.1 Å². The average Bonchev–Trinajstić information content (AvgIpc) is 2.65. The van der Waals surface area contributed by atoms with Gasteiger partial charge in [0.1, 0.15) is 5.75 Å². The Hall–Kier alpha value is -0.540. The van der Waals surface area contributed by atoms with Crippen LogP contribution in [0.25, 0.3) is 0 Å². The number of aryl methyl sites for hydroxylation is 1. The minimum Gasteiger partial charge on any atom is -0.496 e. The van der Waals surface area contributed by atoms with Gasteiger partial charge in [-0.2, -0.15) is 0 Å². The first-order valence-corrected chi connectivity index (χ1v) is 6.49. The van der Waals surface area contributed by atoms with E-state index in [0.29, 0.717) is 0 Å². The van der Waals surface area contributed by atoms with Crippen molar-refractivity contribution < 1.29 is 4.74 Å². The summed E-state index contributed by atoms with van der Waals surface area (Å²) < 4.78 is 6.59. The van der Waals surface area contributed by atoms with Crippen LogP contribution in [0.2, 0.25) is 0 Å². The van der Waals surface area contributed by atoms with Gasteiger partial charge < -0.3 is 10.5 Å². The summed E-state index contributed by atoms with van der Waals surface area (Å²) in [5, 5.41) is 0. The Morgan fingerprint density at radius 1 is 1.31 bits per heavy atom. The molecular formula is C13H18BrNO. The molecule has 1 saturated carbocycles. The first kappa shape index (κ1) is 11.9. The highest BCUT2D eigenvalue weighted by molar-refractivity contribution is 9.10. The van der Waals surface area contributed by atoms with Crippen molar-refractivity contribution >= 4 is 15.9 Å². The van der Waals surface area contributed by atoms with Crippen molar-refractivity contribution in [3.8, 4) is 5.75 Å². The SMILES string of the molecule is COc1c(C)cc(Br)cc1C1(N)CCCC1. The molecule has 0 radical (unpaired) electrons. The van der Waals surface area contributed by atoms with Gasteiger partial charge in [0.05, 0.1) is 7.11 Å². The lowest BCUT2D eigenvalue weighted by atomic mass is 9.87. The summed E-state index contributed by atoms with van der Waals surface area (Å²) >= 11 is 3.54. The lowest BCUT2D eigenvalue weighted by molar-refractivity contribution is 0.376. The van der Waals surface area contributed by atoms with Gasteiger partial charge >= 0.3 is 0 Å². The molecular weight excluding hydrogens is 266 g/mol. The molecule has 0 amide bonds. The fraction of sp³-hybridized carbons (Fsp3) is 0.538. The third kappa shape index (κ3) is 1.98. The maximum absolute atomic E-state index is 6.49. The molecule has 0 aliphatic heterocycles. The van der Waals surface area contributed by atoms with Crippen LogP contribution in [0.5, 0.6) is 5.75 Å². The van der Waals surface area contributed by atoms with Gasteiger partial charge in [-0.3, -0.25) is 0 Å². The molecule has 1 aliphatic rings. The molecule has 1 fully saturated rings. The van der Waals surface area contributed by atoms with Gasteiger partial charge in [0.15, 0.2) is 0 Å². The Kier molecular flexibility index (Phi) is 3.27. The Morgan fingerprint density at radius 2 is 1.94 bits per heavy atom. The summed E-state index contributed by atoms with van der Waals surface area (Å²) in [5.74, 6) is 0.951. The van der Waals surface area contributed by atoms with E-state index < -0.39 is 0 Å². The van der Waals surface area contributed by atoms with E-state index in [1.165, 1.54) is 12.8 Å². The van der Waals surface area contributed by atoms with Crippen molar-refractivity contribution in [1.82, 2.24) is 0 Å². The molecule has 1 aromatic carbocycles. The van der Waals surface area contributed by atoms with Crippen molar-refractivity contribution in [2.75, 3.05) is 7.11 Å². The number of ether oxygens (including phenoxy) is 1. The van der Waals surface area contributed by atoms with Crippen LogP contribution >= 0.6 is 15.9 Å².